The summed E-state index contributed by atoms with van der Waals surface area (Å²) in [7, 11) is 0. The van der Waals surface area contributed by atoms with E-state index in [0.29, 0.717) is 11.1 Å². The van der Waals surface area contributed by atoms with Crippen LogP contribution in [0.25, 0.3) is 0 Å². The number of amides is 1. The molecule has 0 aliphatic heterocycles. The molecule has 2 aromatic carbocycles. The molecule has 0 unspecified atom stereocenters. The number of carbonyl (C=O) groups is 2. The summed E-state index contributed by atoms with van der Waals surface area (Å²) in [5.41, 5.74) is 7.93. The van der Waals surface area contributed by atoms with Crippen molar-refractivity contribution in [2.75, 3.05) is 0 Å². The summed E-state index contributed by atoms with van der Waals surface area (Å²) in [5.74, 6) is -0.950. The molecule has 0 spiro atoms. The van der Waals surface area contributed by atoms with Crippen molar-refractivity contribution in [2.24, 2.45) is 5.73 Å². The van der Waals surface area contributed by atoms with Gasteiger partial charge < -0.3 is 10.5 Å². The van der Waals surface area contributed by atoms with Crippen molar-refractivity contribution in [1.29, 1.82) is 0 Å². The molecule has 0 saturated heterocycles. The van der Waals surface area contributed by atoms with Crippen molar-refractivity contribution in [3.63, 3.8) is 0 Å². The largest absolute Gasteiger partial charge is 0.457 e. The van der Waals surface area contributed by atoms with E-state index in [1.165, 1.54) is 24.3 Å². The van der Waals surface area contributed by atoms with E-state index in [1.54, 1.807) is 0 Å². The SMILES string of the molecule is Cc1ccccc1COC(=O)c1ccc(C(N)=O)cc1. The lowest BCUT2D eigenvalue weighted by atomic mass is 10.1. The second-order valence-corrected chi connectivity index (χ2v) is 4.44. The van der Waals surface area contributed by atoms with Gasteiger partial charge in [-0.05, 0) is 42.3 Å². The van der Waals surface area contributed by atoms with E-state index in [-0.39, 0.29) is 6.61 Å². The molecule has 0 aliphatic carbocycles. The van der Waals surface area contributed by atoms with Gasteiger partial charge in [0, 0.05) is 5.56 Å². The molecule has 0 bridgehead atoms. The Bertz CT molecular complexity index is 632. The lowest BCUT2D eigenvalue weighted by molar-refractivity contribution is 0.0472. The highest BCUT2D eigenvalue weighted by molar-refractivity contribution is 5.95. The first-order chi connectivity index (χ1) is 9.58. The number of esters is 1. The van der Waals surface area contributed by atoms with E-state index in [4.69, 9.17) is 10.5 Å². The van der Waals surface area contributed by atoms with Crippen molar-refractivity contribution >= 4 is 11.9 Å². The van der Waals surface area contributed by atoms with Crippen molar-refractivity contribution in [1.82, 2.24) is 0 Å². The standard InChI is InChI=1S/C16H15NO3/c1-11-4-2-3-5-14(11)10-20-16(19)13-8-6-12(7-9-13)15(17)18/h2-9H,10H2,1H3,(H2,17,18). The van der Waals surface area contributed by atoms with Crippen molar-refractivity contribution in [2.45, 2.75) is 13.5 Å². The number of primary amides is 1. The molecule has 4 nitrogen and oxygen atoms in total. The molecule has 4 heteroatoms. The molecule has 0 atom stereocenters. The van der Waals surface area contributed by atoms with Gasteiger partial charge in [-0.15, -0.1) is 0 Å². The zero-order valence-corrected chi connectivity index (χ0v) is 11.1. The van der Waals surface area contributed by atoms with E-state index < -0.39 is 11.9 Å². The molecular weight excluding hydrogens is 254 g/mol. The first-order valence-corrected chi connectivity index (χ1v) is 6.19. The van der Waals surface area contributed by atoms with E-state index in [0.717, 1.165) is 11.1 Å². The van der Waals surface area contributed by atoms with Gasteiger partial charge in [-0.2, -0.15) is 0 Å². The van der Waals surface area contributed by atoms with E-state index in [1.807, 2.05) is 31.2 Å². The zero-order valence-electron chi connectivity index (χ0n) is 11.1. The number of carbonyl (C=O) groups excluding carboxylic acids is 2. The van der Waals surface area contributed by atoms with Crippen LogP contribution in [-0.2, 0) is 11.3 Å². The van der Waals surface area contributed by atoms with E-state index >= 15 is 0 Å². The number of ether oxygens (including phenoxy) is 1. The zero-order chi connectivity index (χ0) is 14.5. The quantitative estimate of drug-likeness (QED) is 0.867. The third-order valence-corrected chi connectivity index (χ3v) is 3.03. The summed E-state index contributed by atoms with van der Waals surface area (Å²) < 4.78 is 5.24. The van der Waals surface area contributed by atoms with Crippen molar-refractivity contribution in [3.8, 4) is 0 Å². The molecule has 2 N–H and O–H groups in total. The highest BCUT2D eigenvalue weighted by atomic mass is 16.5. The normalized spacial score (nSPS) is 10.1. The minimum atomic E-state index is -0.523. The fourth-order valence-corrected chi connectivity index (χ4v) is 1.77. The second kappa shape index (κ2) is 6.02. The first kappa shape index (κ1) is 13.8. The Labute approximate surface area is 117 Å². The van der Waals surface area contributed by atoms with Crippen LogP contribution in [-0.4, -0.2) is 11.9 Å². The van der Waals surface area contributed by atoms with Crippen molar-refractivity contribution in [3.05, 3.63) is 70.8 Å². The average Bonchev–Trinajstić information content (AvgIpc) is 2.46. The lowest BCUT2D eigenvalue weighted by Crippen LogP contribution is -2.11. The van der Waals surface area contributed by atoms with Crippen LogP contribution in [0.1, 0.15) is 31.8 Å². The van der Waals surface area contributed by atoms with Gasteiger partial charge in [-0.1, -0.05) is 24.3 Å². The monoisotopic (exact) mass is 269 g/mol. The Morgan fingerprint density at radius 1 is 1.00 bits per heavy atom. The second-order valence-electron chi connectivity index (χ2n) is 4.44. The predicted molar refractivity (Wildman–Crippen MR) is 75.3 cm³/mol. The number of benzene rings is 2. The maximum Gasteiger partial charge on any atom is 0.338 e. The van der Waals surface area contributed by atoms with Gasteiger partial charge in [-0.3, -0.25) is 4.79 Å². The van der Waals surface area contributed by atoms with Crippen LogP contribution in [0.4, 0.5) is 0 Å². The van der Waals surface area contributed by atoms with Gasteiger partial charge in [0.25, 0.3) is 0 Å². The Hall–Kier alpha value is -2.62. The molecule has 0 heterocycles. The summed E-state index contributed by atoms with van der Waals surface area (Å²) in [4.78, 5) is 22.8. The number of rotatable bonds is 4. The molecule has 0 fully saturated rings. The van der Waals surface area contributed by atoms with Gasteiger partial charge >= 0.3 is 5.97 Å². The summed E-state index contributed by atoms with van der Waals surface area (Å²) in [5, 5.41) is 0. The molecule has 102 valence electrons. The van der Waals surface area contributed by atoms with Crippen LogP contribution in [0, 0.1) is 6.92 Å². The van der Waals surface area contributed by atoms with Gasteiger partial charge in [0.1, 0.15) is 6.61 Å². The fraction of sp³-hybridized carbons (Fsp3) is 0.125. The summed E-state index contributed by atoms with van der Waals surface area (Å²) in [6, 6.07) is 13.8. The van der Waals surface area contributed by atoms with Crippen LogP contribution in [0.2, 0.25) is 0 Å². The highest BCUT2D eigenvalue weighted by Gasteiger charge is 2.09. The number of aryl methyl sites for hydroxylation is 1. The molecule has 0 aliphatic rings. The predicted octanol–water partition coefficient (Wildman–Crippen LogP) is 2.45. The van der Waals surface area contributed by atoms with Crippen LogP contribution in [0.3, 0.4) is 0 Å². The molecule has 0 radical (unpaired) electrons. The van der Waals surface area contributed by atoms with Crippen molar-refractivity contribution < 1.29 is 14.3 Å². The van der Waals surface area contributed by atoms with Gasteiger partial charge in [0.15, 0.2) is 0 Å². The third kappa shape index (κ3) is 3.23. The number of hydrogen-bond donors (Lipinski definition) is 1. The Morgan fingerprint density at radius 3 is 2.20 bits per heavy atom. The molecule has 2 aromatic rings. The van der Waals surface area contributed by atoms with Crippen LogP contribution < -0.4 is 5.73 Å². The Balaban J connectivity index is 2.02. The minimum Gasteiger partial charge on any atom is -0.457 e. The van der Waals surface area contributed by atoms with Gasteiger partial charge in [0.2, 0.25) is 5.91 Å². The molecule has 20 heavy (non-hydrogen) atoms. The smallest absolute Gasteiger partial charge is 0.338 e. The fourth-order valence-electron chi connectivity index (χ4n) is 1.77. The Morgan fingerprint density at radius 2 is 1.60 bits per heavy atom. The van der Waals surface area contributed by atoms with E-state index in [9.17, 15) is 9.59 Å². The maximum atomic E-state index is 11.9. The van der Waals surface area contributed by atoms with Crippen LogP contribution >= 0.6 is 0 Å². The number of hydrogen-bond acceptors (Lipinski definition) is 3. The van der Waals surface area contributed by atoms with Gasteiger partial charge in [0.05, 0.1) is 5.56 Å². The Kier molecular flexibility index (Phi) is 4.15. The molecular formula is C16H15NO3. The molecule has 1 amide bonds. The molecule has 2 rings (SSSR count). The minimum absolute atomic E-state index is 0.225. The lowest BCUT2D eigenvalue weighted by Gasteiger charge is -2.07. The molecule has 0 saturated carbocycles. The summed E-state index contributed by atoms with van der Waals surface area (Å²) >= 11 is 0. The van der Waals surface area contributed by atoms with Gasteiger partial charge in [-0.25, -0.2) is 4.79 Å². The summed E-state index contributed by atoms with van der Waals surface area (Å²) in [6.45, 7) is 2.19. The first-order valence-electron chi connectivity index (χ1n) is 6.19. The highest BCUT2D eigenvalue weighted by Crippen LogP contribution is 2.11. The maximum absolute atomic E-state index is 11.9. The number of nitrogens with two attached hydrogens (primary N) is 1. The average molecular weight is 269 g/mol. The molecule has 0 aromatic heterocycles. The van der Waals surface area contributed by atoms with E-state index in [2.05, 4.69) is 0 Å². The summed E-state index contributed by atoms with van der Waals surface area (Å²) in [6.07, 6.45) is 0. The van der Waals surface area contributed by atoms with Crippen LogP contribution in [0.5, 0.6) is 0 Å². The topological polar surface area (TPSA) is 69.4 Å². The third-order valence-electron chi connectivity index (χ3n) is 3.03. The van der Waals surface area contributed by atoms with Crippen LogP contribution in [0.15, 0.2) is 48.5 Å².